The van der Waals surface area contributed by atoms with Gasteiger partial charge in [-0.3, -0.25) is 4.79 Å². The Morgan fingerprint density at radius 1 is 1.40 bits per heavy atom. The van der Waals surface area contributed by atoms with Crippen molar-refractivity contribution in [2.75, 3.05) is 6.54 Å². The fourth-order valence-corrected chi connectivity index (χ4v) is 3.73. The molecule has 0 radical (unpaired) electrons. The van der Waals surface area contributed by atoms with Crippen LogP contribution in [-0.4, -0.2) is 44.2 Å². The van der Waals surface area contributed by atoms with Gasteiger partial charge < -0.3 is 14.5 Å². The average molecular weight is 341 g/mol. The Bertz CT molecular complexity index is 782. The third kappa shape index (κ3) is 3.18. The molecule has 1 atom stereocenters. The number of hydrogen-bond acceptors (Lipinski definition) is 5. The van der Waals surface area contributed by atoms with Crippen LogP contribution in [-0.2, 0) is 11.2 Å². The van der Waals surface area contributed by atoms with Crippen molar-refractivity contribution < 1.29 is 14.4 Å². The minimum Gasteiger partial charge on any atom is -0.388 e. The minimum atomic E-state index is -0.630. The number of hydrogen-bond donors (Lipinski definition) is 1. The summed E-state index contributed by atoms with van der Waals surface area (Å²) in [6.45, 7) is 2.75. The van der Waals surface area contributed by atoms with Crippen molar-refractivity contribution in [3.8, 4) is 11.4 Å². The van der Waals surface area contributed by atoms with Crippen molar-refractivity contribution >= 4 is 5.91 Å². The zero-order chi connectivity index (χ0) is 17.4. The van der Waals surface area contributed by atoms with E-state index in [4.69, 9.17) is 4.52 Å². The van der Waals surface area contributed by atoms with Crippen LogP contribution >= 0.6 is 0 Å². The molecule has 1 saturated heterocycles. The number of nitrogens with zero attached hydrogens (tertiary/aromatic N) is 3. The van der Waals surface area contributed by atoms with E-state index >= 15 is 0 Å². The Labute approximate surface area is 146 Å². The number of benzene rings is 1. The lowest BCUT2D eigenvalue weighted by molar-refractivity contribution is -0.134. The quantitative estimate of drug-likeness (QED) is 0.904. The molecule has 1 N–H and O–H groups in total. The lowest BCUT2D eigenvalue weighted by Gasteiger charge is -2.28. The maximum atomic E-state index is 12.6. The Morgan fingerprint density at radius 3 is 2.96 bits per heavy atom. The number of aliphatic hydroxyl groups is 1. The van der Waals surface area contributed by atoms with E-state index in [-0.39, 0.29) is 11.9 Å². The molecule has 2 fully saturated rings. The summed E-state index contributed by atoms with van der Waals surface area (Å²) in [4.78, 5) is 18.8. The molecule has 1 aliphatic heterocycles. The molecule has 132 valence electrons. The van der Waals surface area contributed by atoms with Gasteiger partial charge in [0.15, 0.2) is 0 Å². The molecule has 1 unspecified atom stereocenters. The van der Waals surface area contributed by atoms with Crippen molar-refractivity contribution in [2.24, 2.45) is 0 Å². The van der Waals surface area contributed by atoms with E-state index in [1.165, 1.54) is 0 Å². The third-order valence-electron chi connectivity index (χ3n) is 5.36. The zero-order valence-electron chi connectivity index (χ0n) is 14.4. The number of rotatable bonds is 5. The smallest absolute Gasteiger partial charge is 0.227 e. The molecule has 0 bridgehead atoms. The molecule has 2 aromatic rings. The van der Waals surface area contributed by atoms with Gasteiger partial charge in [0.2, 0.25) is 17.6 Å². The van der Waals surface area contributed by atoms with Crippen LogP contribution in [0.5, 0.6) is 0 Å². The number of carbonyl (C=O) groups excluding carboxylic acids is 1. The SMILES string of the molecule is Cc1ccccc1-c1noc(CCC(=O)N2CCCC2C2(O)CC2)n1. The second kappa shape index (κ2) is 6.26. The Kier molecular flexibility index (Phi) is 4.07. The average Bonchev–Trinajstić information content (AvgIpc) is 3.06. The standard InChI is InChI=1S/C19H23N3O3/c1-13-5-2-3-6-14(13)18-20-16(25-21-18)8-9-17(23)22-12-4-7-15(22)19(24)10-11-19/h2-3,5-6,15,24H,4,7-12H2,1H3. The summed E-state index contributed by atoms with van der Waals surface area (Å²) in [5, 5.41) is 14.4. The Hall–Kier alpha value is -2.21. The summed E-state index contributed by atoms with van der Waals surface area (Å²) in [5.41, 5.74) is 1.40. The molecule has 1 saturated carbocycles. The molecule has 2 heterocycles. The topological polar surface area (TPSA) is 79.5 Å². The van der Waals surface area contributed by atoms with Gasteiger partial charge in [-0.25, -0.2) is 0 Å². The summed E-state index contributed by atoms with van der Waals surface area (Å²) < 4.78 is 5.31. The molecule has 2 aliphatic rings. The van der Waals surface area contributed by atoms with Gasteiger partial charge in [-0.15, -0.1) is 0 Å². The summed E-state index contributed by atoms with van der Waals surface area (Å²) in [6, 6.07) is 7.87. The molecule has 4 rings (SSSR count). The van der Waals surface area contributed by atoms with E-state index in [2.05, 4.69) is 10.1 Å². The molecule has 1 aliphatic carbocycles. The summed E-state index contributed by atoms with van der Waals surface area (Å²) >= 11 is 0. The number of aryl methyl sites for hydroxylation is 2. The fraction of sp³-hybridized carbons (Fsp3) is 0.526. The van der Waals surface area contributed by atoms with Crippen LogP contribution in [0.4, 0.5) is 0 Å². The molecule has 25 heavy (non-hydrogen) atoms. The third-order valence-corrected chi connectivity index (χ3v) is 5.36. The first-order chi connectivity index (χ1) is 12.1. The maximum absolute atomic E-state index is 12.6. The number of carbonyl (C=O) groups is 1. The van der Waals surface area contributed by atoms with Gasteiger partial charge >= 0.3 is 0 Å². The Balaban J connectivity index is 1.39. The Morgan fingerprint density at radius 2 is 2.20 bits per heavy atom. The van der Waals surface area contributed by atoms with Crippen LogP contribution in [0.15, 0.2) is 28.8 Å². The van der Waals surface area contributed by atoms with Crippen molar-refractivity contribution in [3.05, 3.63) is 35.7 Å². The first kappa shape index (κ1) is 16.3. The van der Waals surface area contributed by atoms with Gasteiger partial charge in [0.25, 0.3) is 0 Å². The summed E-state index contributed by atoms with van der Waals surface area (Å²) in [5.74, 6) is 1.11. The highest BCUT2D eigenvalue weighted by atomic mass is 16.5. The zero-order valence-corrected chi connectivity index (χ0v) is 14.4. The molecule has 0 spiro atoms. The van der Waals surface area contributed by atoms with Crippen LogP contribution in [0.25, 0.3) is 11.4 Å². The molecule has 1 amide bonds. The molecule has 1 aromatic carbocycles. The van der Waals surface area contributed by atoms with Crippen molar-refractivity contribution in [2.45, 2.75) is 57.1 Å². The van der Waals surface area contributed by atoms with Crippen molar-refractivity contribution in [1.82, 2.24) is 15.0 Å². The monoisotopic (exact) mass is 341 g/mol. The highest BCUT2D eigenvalue weighted by molar-refractivity contribution is 5.77. The largest absolute Gasteiger partial charge is 0.388 e. The molecule has 6 nitrogen and oxygen atoms in total. The minimum absolute atomic E-state index is 0.00906. The second-order valence-electron chi connectivity index (χ2n) is 7.18. The van der Waals surface area contributed by atoms with Gasteiger partial charge in [0.1, 0.15) is 0 Å². The van der Waals surface area contributed by atoms with Crippen LogP contribution in [0.3, 0.4) is 0 Å². The van der Waals surface area contributed by atoms with E-state index in [1.54, 1.807) is 0 Å². The molecular weight excluding hydrogens is 318 g/mol. The van der Waals surface area contributed by atoms with E-state index in [9.17, 15) is 9.90 Å². The van der Waals surface area contributed by atoms with Crippen molar-refractivity contribution in [1.29, 1.82) is 0 Å². The lowest BCUT2D eigenvalue weighted by atomic mass is 10.1. The van der Waals surface area contributed by atoms with E-state index < -0.39 is 5.60 Å². The van der Waals surface area contributed by atoms with Gasteiger partial charge in [0, 0.05) is 24.9 Å². The first-order valence-corrected chi connectivity index (χ1v) is 8.97. The van der Waals surface area contributed by atoms with Gasteiger partial charge in [-0.1, -0.05) is 29.4 Å². The van der Waals surface area contributed by atoms with Crippen LogP contribution in [0.2, 0.25) is 0 Å². The predicted octanol–water partition coefficient (Wildman–Crippen LogP) is 2.49. The molecule has 6 heteroatoms. The van der Waals surface area contributed by atoms with Crippen LogP contribution < -0.4 is 0 Å². The first-order valence-electron chi connectivity index (χ1n) is 8.97. The number of aromatic nitrogens is 2. The van der Waals surface area contributed by atoms with E-state index in [1.807, 2.05) is 36.1 Å². The maximum Gasteiger partial charge on any atom is 0.227 e. The van der Waals surface area contributed by atoms with Crippen molar-refractivity contribution in [3.63, 3.8) is 0 Å². The van der Waals surface area contributed by atoms with Crippen LogP contribution in [0.1, 0.15) is 43.6 Å². The highest BCUT2D eigenvalue weighted by Crippen LogP contribution is 2.44. The molecular formula is C19H23N3O3. The van der Waals surface area contributed by atoms with E-state index in [0.717, 1.165) is 43.4 Å². The summed E-state index contributed by atoms with van der Waals surface area (Å²) in [7, 11) is 0. The number of likely N-dealkylation sites (tertiary alicyclic amines) is 1. The fourth-order valence-electron chi connectivity index (χ4n) is 3.73. The van der Waals surface area contributed by atoms with Gasteiger partial charge in [-0.05, 0) is 38.2 Å². The highest BCUT2D eigenvalue weighted by Gasteiger charge is 2.52. The lowest BCUT2D eigenvalue weighted by Crippen LogP contribution is -2.44. The summed E-state index contributed by atoms with van der Waals surface area (Å²) in [6.07, 6.45) is 4.26. The van der Waals surface area contributed by atoms with E-state index in [0.29, 0.717) is 24.6 Å². The molecule has 1 aromatic heterocycles. The second-order valence-corrected chi connectivity index (χ2v) is 7.18. The predicted molar refractivity (Wildman–Crippen MR) is 91.7 cm³/mol. The van der Waals surface area contributed by atoms with Gasteiger partial charge in [-0.2, -0.15) is 4.98 Å². The van der Waals surface area contributed by atoms with Crippen LogP contribution in [0, 0.1) is 6.92 Å². The van der Waals surface area contributed by atoms with Gasteiger partial charge in [0.05, 0.1) is 11.6 Å². The normalized spacial score (nSPS) is 21.5. The number of amides is 1.